The summed E-state index contributed by atoms with van der Waals surface area (Å²) in [6, 6.07) is 8.71. The Kier molecular flexibility index (Phi) is 6.32. The van der Waals surface area contributed by atoms with E-state index >= 15 is 0 Å². The maximum atomic E-state index is 5.21. The van der Waals surface area contributed by atoms with Gasteiger partial charge in [0.15, 0.2) is 0 Å². The highest BCUT2D eigenvalue weighted by Gasteiger charge is 2.23. The number of anilines is 1. The van der Waals surface area contributed by atoms with Crippen LogP contribution in [-0.4, -0.2) is 17.0 Å². The zero-order valence-corrected chi connectivity index (χ0v) is 18.3. The fraction of sp³-hybridized carbons (Fsp3) is 0.538. The molecule has 1 aromatic carbocycles. The molecule has 2 atom stereocenters. The SMILES string of the molecule is CC/C1=C\CCC(Cc2nc3c(nc2NC)CCc2ccccc2-3)CC(C)CC1. The number of benzene rings is 1. The van der Waals surface area contributed by atoms with Crippen LogP contribution < -0.4 is 5.32 Å². The maximum absolute atomic E-state index is 5.21. The van der Waals surface area contributed by atoms with Gasteiger partial charge in [0.25, 0.3) is 0 Å². The second-order valence-electron chi connectivity index (χ2n) is 8.96. The van der Waals surface area contributed by atoms with Crippen molar-refractivity contribution in [1.82, 2.24) is 9.97 Å². The van der Waals surface area contributed by atoms with Gasteiger partial charge in [0, 0.05) is 12.6 Å². The lowest BCUT2D eigenvalue weighted by Gasteiger charge is -2.23. The lowest BCUT2D eigenvalue weighted by molar-refractivity contribution is 0.357. The van der Waals surface area contributed by atoms with Gasteiger partial charge in [0.2, 0.25) is 0 Å². The predicted octanol–water partition coefficient (Wildman–Crippen LogP) is 6.38. The van der Waals surface area contributed by atoms with Gasteiger partial charge in [-0.25, -0.2) is 9.97 Å². The van der Waals surface area contributed by atoms with Gasteiger partial charge in [-0.05, 0) is 75.2 Å². The summed E-state index contributed by atoms with van der Waals surface area (Å²) >= 11 is 0. The van der Waals surface area contributed by atoms with Crippen molar-refractivity contribution in [3.8, 4) is 11.3 Å². The fourth-order valence-electron chi connectivity index (χ4n) is 5.10. The number of nitrogens with zero attached hydrogens (tertiary/aromatic N) is 2. The van der Waals surface area contributed by atoms with Crippen molar-refractivity contribution in [2.75, 3.05) is 12.4 Å². The molecular weight excluding hydrogens is 354 g/mol. The lowest BCUT2D eigenvalue weighted by atomic mass is 9.86. The van der Waals surface area contributed by atoms with E-state index in [1.165, 1.54) is 49.7 Å². The van der Waals surface area contributed by atoms with Gasteiger partial charge in [0.05, 0.1) is 17.1 Å². The zero-order chi connectivity index (χ0) is 20.2. The van der Waals surface area contributed by atoms with E-state index in [4.69, 9.17) is 9.97 Å². The molecular formula is C26H35N3. The molecule has 4 rings (SSSR count). The van der Waals surface area contributed by atoms with Gasteiger partial charge in [-0.3, -0.25) is 0 Å². The van der Waals surface area contributed by atoms with Gasteiger partial charge in [0.1, 0.15) is 5.82 Å². The van der Waals surface area contributed by atoms with Gasteiger partial charge in [-0.2, -0.15) is 0 Å². The van der Waals surface area contributed by atoms with Gasteiger partial charge in [-0.1, -0.05) is 49.8 Å². The number of hydrogen-bond acceptors (Lipinski definition) is 3. The minimum Gasteiger partial charge on any atom is -0.372 e. The summed E-state index contributed by atoms with van der Waals surface area (Å²) in [7, 11) is 1.98. The van der Waals surface area contributed by atoms with Crippen LogP contribution in [0.15, 0.2) is 35.9 Å². The normalized spacial score (nSPS) is 23.6. The van der Waals surface area contributed by atoms with Crippen LogP contribution in [0.25, 0.3) is 11.3 Å². The number of aryl methyl sites for hydroxylation is 2. The number of allylic oxidation sites excluding steroid dienone is 2. The Morgan fingerprint density at radius 3 is 2.76 bits per heavy atom. The van der Waals surface area contributed by atoms with Crippen LogP contribution in [0.3, 0.4) is 0 Å². The summed E-state index contributed by atoms with van der Waals surface area (Å²) in [4.78, 5) is 10.2. The van der Waals surface area contributed by atoms with Gasteiger partial charge >= 0.3 is 0 Å². The molecule has 0 bridgehead atoms. The second-order valence-corrected chi connectivity index (χ2v) is 8.96. The van der Waals surface area contributed by atoms with Gasteiger partial charge < -0.3 is 5.32 Å². The molecule has 3 heteroatoms. The minimum absolute atomic E-state index is 0.677. The van der Waals surface area contributed by atoms with Crippen molar-refractivity contribution in [3.63, 3.8) is 0 Å². The molecule has 0 amide bonds. The summed E-state index contributed by atoms with van der Waals surface area (Å²) in [5.41, 5.74) is 7.76. The van der Waals surface area contributed by atoms with Gasteiger partial charge in [-0.15, -0.1) is 0 Å². The van der Waals surface area contributed by atoms with E-state index in [9.17, 15) is 0 Å². The molecule has 2 aliphatic carbocycles. The van der Waals surface area contributed by atoms with Crippen molar-refractivity contribution in [2.45, 2.75) is 71.6 Å². The number of nitrogens with one attached hydrogen (secondary N) is 1. The molecule has 1 N–H and O–H groups in total. The molecule has 0 saturated carbocycles. The fourth-order valence-corrected chi connectivity index (χ4v) is 5.10. The summed E-state index contributed by atoms with van der Waals surface area (Å²) in [6.07, 6.45) is 13.1. The Bertz CT molecular complexity index is 884. The average molecular weight is 390 g/mol. The lowest BCUT2D eigenvalue weighted by Crippen LogP contribution is -2.16. The molecule has 3 nitrogen and oxygen atoms in total. The Labute approximate surface area is 176 Å². The summed E-state index contributed by atoms with van der Waals surface area (Å²) in [5.74, 6) is 2.44. The topological polar surface area (TPSA) is 37.8 Å². The maximum Gasteiger partial charge on any atom is 0.147 e. The van der Waals surface area contributed by atoms with Crippen LogP contribution in [0.1, 0.15) is 69.3 Å². The van der Waals surface area contributed by atoms with Crippen LogP contribution in [0, 0.1) is 11.8 Å². The average Bonchev–Trinajstić information content (AvgIpc) is 2.83. The highest BCUT2D eigenvalue weighted by atomic mass is 15.0. The Hall–Kier alpha value is -2.16. The minimum atomic E-state index is 0.677. The van der Waals surface area contributed by atoms with E-state index in [1.807, 2.05) is 7.05 Å². The smallest absolute Gasteiger partial charge is 0.147 e. The Morgan fingerprint density at radius 2 is 1.93 bits per heavy atom. The van der Waals surface area contributed by atoms with Crippen molar-refractivity contribution >= 4 is 5.82 Å². The quantitative estimate of drug-likeness (QED) is 0.617. The van der Waals surface area contributed by atoms with E-state index in [1.54, 1.807) is 5.57 Å². The Balaban J connectivity index is 1.62. The number of fused-ring (bicyclic) bond motifs is 3. The van der Waals surface area contributed by atoms with E-state index in [-0.39, 0.29) is 0 Å². The molecule has 29 heavy (non-hydrogen) atoms. The molecule has 0 spiro atoms. The van der Waals surface area contributed by atoms with E-state index < -0.39 is 0 Å². The van der Waals surface area contributed by atoms with E-state index in [0.29, 0.717) is 5.92 Å². The highest BCUT2D eigenvalue weighted by Crippen LogP contribution is 2.34. The first-order chi connectivity index (χ1) is 14.2. The van der Waals surface area contributed by atoms with Crippen LogP contribution in [0.4, 0.5) is 5.82 Å². The summed E-state index contributed by atoms with van der Waals surface area (Å²) in [6.45, 7) is 4.73. The number of rotatable bonds is 4. The number of hydrogen-bond donors (Lipinski definition) is 1. The molecule has 2 unspecified atom stereocenters. The first-order valence-electron chi connectivity index (χ1n) is 11.5. The van der Waals surface area contributed by atoms with Crippen molar-refractivity contribution in [2.24, 2.45) is 11.8 Å². The van der Waals surface area contributed by atoms with Crippen molar-refractivity contribution in [3.05, 3.63) is 52.9 Å². The first-order valence-corrected chi connectivity index (χ1v) is 11.5. The Morgan fingerprint density at radius 1 is 1.07 bits per heavy atom. The van der Waals surface area contributed by atoms with E-state index in [2.05, 4.69) is 49.5 Å². The predicted molar refractivity (Wildman–Crippen MR) is 122 cm³/mol. The molecule has 0 radical (unpaired) electrons. The molecule has 0 saturated heterocycles. The third-order valence-corrected chi connectivity index (χ3v) is 6.82. The van der Waals surface area contributed by atoms with Crippen molar-refractivity contribution in [1.29, 1.82) is 0 Å². The van der Waals surface area contributed by atoms with Crippen LogP contribution in [0.2, 0.25) is 0 Å². The molecule has 1 heterocycles. The van der Waals surface area contributed by atoms with Crippen LogP contribution in [0.5, 0.6) is 0 Å². The third kappa shape index (κ3) is 4.55. The standard InChI is InChI=1S/C26H35N3/c1-4-19-8-7-9-20(16-18(2)12-13-19)17-24-26(27-3)29-23-15-14-21-10-5-6-11-22(21)25(23)28-24/h5-6,8,10-11,18,20H,4,7,9,12-17H2,1-3H3,(H,27,29)/b19-8+. The van der Waals surface area contributed by atoms with E-state index in [0.717, 1.165) is 48.1 Å². The number of aromatic nitrogens is 2. The molecule has 1 aromatic heterocycles. The van der Waals surface area contributed by atoms with Crippen LogP contribution >= 0.6 is 0 Å². The largest absolute Gasteiger partial charge is 0.372 e. The monoisotopic (exact) mass is 389 g/mol. The summed E-state index contributed by atoms with van der Waals surface area (Å²) < 4.78 is 0. The van der Waals surface area contributed by atoms with Crippen LogP contribution in [-0.2, 0) is 19.3 Å². The molecule has 2 aromatic rings. The van der Waals surface area contributed by atoms with Crippen molar-refractivity contribution < 1.29 is 0 Å². The first kappa shape index (κ1) is 20.1. The summed E-state index contributed by atoms with van der Waals surface area (Å²) in [5, 5.41) is 3.34. The molecule has 0 fully saturated rings. The molecule has 2 aliphatic rings. The third-order valence-electron chi connectivity index (χ3n) is 6.82. The molecule has 0 aliphatic heterocycles. The highest BCUT2D eigenvalue weighted by molar-refractivity contribution is 5.69. The molecule has 154 valence electrons. The zero-order valence-electron chi connectivity index (χ0n) is 18.3. The second kappa shape index (κ2) is 9.11.